The third-order valence-corrected chi connectivity index (χ3v) is 2.97. The number of hydrogen-bond acceptors (Lipinski definition) is 2. The van der Waals surface area contributed by atoms with Crippen molar-refractivity contribution in [3.8, 4) is 6.07 Å². The first-order valence-electron chi connectivity index (χ1n) is 6.86. The van der Waals surface area contributed by atoms with Crippen LogP contribution in [0.25, 0.3) is 0 Å². The van der Waals surface area contributed by atoms with Gasteiger partial charge in [-0.1, -0.05) is 64.7 Å². The van der Waals surface area contributed by atoms with Crippen LogP contribution in [0.3, 0.4) is 0 Å². The molecule has 0 rings (SSSR count). The smallest absolute Gasteiger partial charge is 0.0670 e. The highest BCUT2D eigenvalue weighted by atomic mass is 16.3. The standard InChI is InChI=1S/C14H27NO/c1-2-3-4-5-6-7-8-9-10-11-14(16)12-13-15/h14,16H,2-12H2,1H3/t14-/m1/s1. The van der Waals surface area contributed by atoms with Crippen LogP contribution in [0, 0.1) is 11.3 Å². The normalized spacial score (nSPS) is 12.3. The molecule has 0 amide bonds. The molecule has 0 radical (unpaired) electrons. The molecule has 2 heteroatoms. The molecule has 1 N–H and O–H groups in total. The highest BCUT2D eigenvalue weighted by Gasteiger charge is 2.01. The van der Waals surface area contributed by atoms with Gasteiger partial charge in [-0.25, -0.2) is 0 Å². The third-order valence-electron chi connectivity index (χ3n) is 2.97. The van der Waals surface area contributed by atoms with Crippen molar-refractivity contribution in [2.75, 3.05) is 0 Å². The molecular weight excluding hydrogens is 198 g/mol. The Labute approximate surface area is 101 Å². The van der Waals surface area contributed by atoms with Gasteiger partial charge in [0, 0.05) is 0 Å². The van der Waals surface area contributed by atoms with Gasteiger partial charge in [-0.3, -0.25) is 0 Å². The molecule has 0 spiro atoms. The lowest BCUT2D eigenvalue weighted by Gasteiger charge is -2.05. The highest BCUT2D eigenvalue weighted by Crippen LogP contribution is 2.11. The molecule has 0 aliphatic heterocycles. The summed E-state index contributed by atoms with van der Waals surface area (Å²) in [6, 6.07) is 2.00. The Kier molecular flexibility index (Phi) is 12.1. The maximum Gasteiger partial charge on any atom is 0.0670 e. The van der Waals surface area contributed by atoms with Gasteiger partial charge in [0.2, 0.25) is 0 Å². The van der Waals surface area contributed by atoms with Gasteiger partial charge in [-0.2, -0.15) is 5.26 Å². The minimum atomic E-state index is -0.394. The van der Waals surface area contributed by atoms with Crippen LogP contribution < -0.4 is 0 Å². The van der Waals surface area contributed by atoms with E-state index in [1.54, 1.807) is 0 Å². The summed E-state index contributed by atoms with van der Waals surface area (Å²) in [5.41, 5.74) is 0. The van der Waals surface area contributed by atoms with E-state index in [0.29, 0.717) is 0 Å². The number of aliphatic hydroxyl groups is 1. The lowest BCUT2D eigenvalue weighted by molar-refractivity contribution is 0.165. The molecule has 0 fully saturated rings. The maximum absolute atomic E-state index is 9.33. The minimum absolute atomic E-state index is 0.289. The van der Waals surface area contributed by atoms with Crippen molar-refractivity contribution in [2.24, 2.45) is 0 Å². The van der Waals surface area contributed by atoms with Crippen molar-refractivity contribution in [1.82, 2.24) is 0 Å². The molecule has 0 saturated heterocycles. The van der Waals surface area contributed by atoms with E-state index in [1.165, 1.54) is 51.4 Å². The highest BCUT2D eigenvalue weighted by molar-refractivity contribution is 4.74. The van der Waals surface area contributed by atoms with Crippen molar-refractivity contribution in [1.29, 1.82) is 5.26 Å². The molecule has 1 atom stereocenters. The van der Waals surface area contributed by atoms with E-state index in [4.69, 9.17) is 5.26 Å². The quantitative estimate of drug-likeness (QED) is 0.536. The van der Waals surface area contributed by atoms with Crippen LogP contribution in [-0.4, -0.2) is 11.2 Å². The third kappa shape index (κ3) is 11.5. The number of aliphatic hydroxyl groups excluding tert-OH is 1. The number of rotatable bonds is 11. The first kappa shape index (κ1) is 15.4. The fraction of sp³-hybridized carbons (Fsp3) is 0.929. The zero-order valence-electron chi connectivity index (χ0n) is 10.7. The molecule has 2 nitrogen and oxygen atoms in total. The predicted octanol–water partition coefficient (Wildman–Crippen LogP) is 4.18. The maximum atomic E-state index is 9.33. The molecule has 0 saturated carbocycles. The number of unbranched alkanes of at least 4 members (excludes halogenated alkanes) is 8. The van der Waals surface area contributed by atoms with E-state index in [2.05, 4.69) is 6.92 Å². The van der Waals surface area contributed by atoms with Crippen molar-refractivity contribution in [2.45, 2.75) is 83.7 Å². The molecule has 0 aromatic carbocycles. The van der Waals surface area contributed by atoms with Crippen molar-refractivity contribution < 1.29 is 5.11 Å². The average molecular weight is 225 g/mol. The molecule has 0 aromatic rings. The summed E-state index contributed by atoms with van der Waals surface area (Å²) in [5.74, 6) is 0. The molecule has 94 valence electrons. The molecular formula is C14H27NO. The van der Waals surface area contributed by atoms with Crippen LogP contribution in [0.15, 0.2) is 0 Å². The Balaban J connectivity index is 3.01. The van der Waals surface area contributed by atoms with Crippen LogP contribution in [0.4, 0.5) is 0 Å². The number of hydrogen-bond donors (Lipinski definition) is 1. The average Bonchev–Trinajstić information content (AvgIpc) is 2.27. The van der Waals surface area contributed by atoms with Gasteiger partial charge < -0.3 is 5.11 Å². The molecule has 0 unspecified atom stereocenters. The fourth-order valence-electron chi connectivity index (χ4n) is 1.90. The van der Waals surface area contributed by atoms with Gasteiger partial charge in [0.1, 0.15) is 0 Å². The summed E-state index contributed by atoms with van der Waals surface area (Å²) in [6.07, 6.45) is 12.4. The van der Waals surface area contributed by atoms with Gasteiger partial charge in [-0.15, -0.1) is 0 Å². The Morgan fingerprint density at radius 1 is 0.938 bits per heavy atom. The lowest BCUT2D eigenvalue weighted by atomic mass is 10.0. The summed E-state index contributed by atoms with van der Waals surface area (Å²) in [6.45, 7) is 2.24. The summed E-state index contributed by atoms with van der Waals surface area (Å²) < 4.78 is 0. The lowest BCUT2D eigenvalue weighted by Crippen LogP contribution is -2.04. The fourth-order valence-corrected chi connectivity index (χ4v) is 1.90. The predicted molar refractivity (Wildman–Crippen MR) is 68.1 cm³/mol. The number of nitriles is 1. The van der Waals surface area contributed by atoms with E-state index in [-0.39, 0.29) is 6.42 Å². The zero-order valence-corrected chi connectivity index (χ0v) is 10.7. The summed E-state index contributed by atoms with van der Waals surface area (Å²) in [4.78, 5) is 0. The molecule has 16 heavy (non-hydrogen) atoms. The molecule has 0 aliphatic rings. The van der Waals surface area contributed by atoms with E-state index in [1.807, 2.05) is 6.07 Å². The van der Waals surface area contributed by atoms with E-state index in [0.717, 1.165) is 12.8 Å². The van der Waals surface area contributed by atoms with Crippen LogP contribution in [0.5, 0.6) is 0 Å². The summed E-state index contributed by atoms with van der Waals surface area (Å²) in [5, 5.41) is 17.7. The van der Waals surface area contributed by atoms with E-state index >= 15 is 0 Å². The Hall–Kier alpha value is -0.550. The Morgan fingerprint density at radius 3 is 1.94 bits per heavy atom. The largest absolute Gasteiger partial charge is 0.392 e. The van der Waals surface area contributed by atoms with Crippen molar-refractivity contribution >= 4 is 0 Å². The van der Waals surface area contributed by atoms with Crippen LogP contribution >= 0.6 is 0 Å². The second-order valence-electron chi connectivity index (χ2n) is 4.63. The molecule has 0 heterocycles. The minimum Gasteiger partial charge on any atom is -0.392 e. The monoisotopic (exact) mass is 225 g/mol. The first-order valence-corrected chi connectivity index (χ1v) is 6.86. The van der Waals surface area contributed by atoms with Gasteiger partial charge in [0.25, 0.3) is 0 Å². The topological polar surface area (TPSA) is 44.0 Å². The first-order chi connectivity index (χ1) is 7.81. The Bertz CT molecular complexity index is 174. The van der Waals surface area contributed by atoms with Crippen LogP contribution in [-0.2, 0) is 0 Å². The van der Waals surface area contributed by atoms with Crippen LogP contribution in [0.2, 0.25) is 0 Å². The second-order valence-corrected chi connectivity index (χ2v) is 4.63. The molecule has 0 aliphatic carbocycles. The van der Waals surface area contributed by atoms with E-state index < -0.39 is 6.10 Å². The summed E-state index contributed by atoms with van der Waals surface area (Å²) >= 11 is 0. The molecule has 0 aromatic heterocycles. The van der Waals surface area contributed by atoms with Gasteiger partial charge in [0.15, 0.2) is 0 Å². The SMILES string of the molecule is CCCCCCCCCCC[C@@H](O)CC#N. The van der Waals surface area contributed by atoms with Crippen molar-refractivity contribution in [3.05, 3.63) is 0 Å². The zero-order chi connectivity index (χ0) is 12.1. The second kappa shape index (κ2) is 12.5. The van der Waals surface area contributed by atoms with Gasteiger partial charge in [-0.05, 0) is 6.42 Å². The van der Waals surface area contributed by atoms with E-state index in [9.17, 15) is 5.11 Å². The van der Waals surface area contributed by atoms with Gasteiger partial charge in [0.05, 0.1) is 18.6 Å². The van der Waals surface area contributed by atoms with Crippen LogP contribution in [0.1, 0.15) is 77.6 Å². The molecule has 0 bridgehead atoms. The Morgan fingerprint density at radius 2 is 1.44 bits per heavy atom. The number of nitrogens with zero attached hydrogens (tertiary/aromatic N) is 1. The van der Waals surface area contributed by atoms with Gasteiger partial charge >= 0.3 is 0 Å². The summed E-state index contributed by atoms with van der Waals surface area (Å²) in [7, 11) is 0. The van der Waals surface area contributed by atoms with Crippen molar-refractivity contribution in [3.63, 3.8) is 0 Å².